The van der Waals surface area contributed by atoms with E-state index in [-0.39, 0.29) is 11.3 Å². The predicted molar refractivity (Wildman–Crippen MR) is 121 cm³/mol. The maximum Gasteiger partial charge on any atom is 0.272 e. The monoisotopic (exact) mass is 471 g/mol. The van der Waals surface area contributed by atoms with Crippen molar-refractivity contribution < 1.29 is 18.3 Å². The van der Waals surface area contributed by atoms with Crippen LogP contribution in [0.25, 0.3) is 5.69 Å². The summed E-state index contributed by atoms with van der Waals surface area (Å²) in [6.45, 7) is 1.66. The maximum atomic E-state index is 13.8. The van der Waals surface area contributed by atoms with Crippen LogP contribution in [0.2, 0.25) is 5.02 Å². The molecule has 1 amide bonds. The van der Waals surface area contributed by atoms with Crippen LogP contribution in [0, 0.1) is 11.6 Å². The van der Waals surface area contributed by atoms with Gasteiger partial charge in [0.25, 0.3) is 5.91 Å². The van der Waals surface area contributed by atoms with E-state index in [0.717, 1.165) is 61.1 Å². The summed E-state index contributed by atoms with van der Waals surface area (Å²) in [4.78, 5) is 13.3. The maximum absolute atomic E-state index is 13.8. The fraction of sp³-hybridized carbons (Fsp3) is 0.360. The molecule has 0 saturated carbocycles. The van der Waals surface area contributed by atoms with Crippen molar-refractivity contribution >= 4 is 17.5 Å². The molecule has 1 aliphatic heterocycles. The highest BCUT2D eigenvalue weighted by Crippen LogP contribution is 2.36. The quantitative estimate of drug-likeness (QED) is 0.583. The molecule has 172 valence electrons. The van der Waals surface area contributed by atoms with E-state index in [1.54, 1.807) is 4.68 Å². The molecule has 5 nitrogen and oxygen atoms in total. The van der Waals surface area contributed by atoms with Crippen molar-refractivity contribution in [2.24, 2.45) is 0 Å². The van der Waals surface area contributed by atoms with Crippen LogP contribution in [0.1, 0.15) is 46.6 Å². The van der Waals surface area contributed by atoms with Gasteiger partial charge in [-0.1, -0.05) is 23.7 Å². The van der Waals surface area contributed by atoms with E-state index in [2.05, 4.69) is 10.4 Å². The Morgan fingerprint density at radius 3 is 2.70 bits per heavy atom. The Hall–Kier alpha value is -2.77. The molecule has 0 atom stereocenters. The highest BCUT2D eigenvalue weighted by atomic mass is 35.5. The van der Waals surface area contributed by atoms with Gasteiger partial charge in [0.05, 0.1) is 5.69 Å². The molecule has 2 aliphatic rings. The van der Waals surface area contributed by atoms with Gasteiger partial charge in [-0.2, -0.15) is 5.10 Å². The summed E-state index contributed by atoms with van der Waals surface area (Å²) in [7, 11) is 0. The molecular weight excluding hydrogens is 448 g/mol. The Morgan fingerprint density at radius 1 is 1.12 bits per heavy atom. The van der Waals surface area contributed by atoms with Crippen LogP contribution in [0.15, 0.2) is 42.5 Å². The number of carbonyl (C=O) groups is 1. The van der Waals surface area contributed by atoms with E-state index >= 15 is 0 Å². The first-order valence-electron chi connectivity index (χ1n) is 11.1. The summed E-state index contributed by atoms with van der Waals surface area (Å²) in [5.74, 6) is -2.12. The topological polar surface area (TPSA) is 56.1 Å². The van der Waals surface area contributed by atoms with Crippen LogP contribution in [-0.2, 0) is 23.0 Å². The minimum atomic E-state index is -0.941. The largest absolute Gasteiger partial charge is 0.381 e. The zero-order valence-corrected chi connectivity index (χ0v) is 18.8. The summed E-state index contributed by atoms with van der Waals surface area (Å²) in [6, 6.07) is 11.4. The number of halogens is 3. The third-order valence-electron chi connectivity index (χ3n) is 6.77. The van der Waals surface area contributed by atoms with Crippen molar-refractivity contribution in [3.05, 3.63) is 81.6 Å². The smallest absolute Gasteiger partial charge is 0.272 e. The number of fused-ring (bicyclic) bond motifs is 1. The third-order valence-corrected chi connectivity index (χ3v) is 7.00. The minimum absolute atomic E-state index is 0.262. The van der Waals surface area contributed by atoms with Crippen LogP contribution in [0.5, 0.6) is 0 Å². The van der Waals surface area contributed by atoms with Crippen LogP contribution in [-0.4, -0.2) is 35.4 Å². The van der Waals surface area contributed by atoms with E-state index in [9.17, 15) is 13.6 Å². The molecule has 8 heteroatoms. The number of benzene rings is 2. The Morgan fingerprint density at radius 2 is 1.94 bits per heavy atom. The lowest BCUT2D eigenvalue weighted by Gasteiger charge is -2.38. The fourth-order valence-electron chi connectivity index (χ4n) is 4.93. The molecule has 0 unspecified atom stereocenters. The standard InChI is InChI=1S/C25H24ClF2N3O2/c26-17-4-1-3-16(13-17)25(9-11-33-12-10-25)15-29-24(32)23-19-5-2-6-22(19)31(30-23)18-7-8-20(27)21(28)14-18/h1,3-4,7-8,13-14H,2,5-6,9-12,15H2,(H,29,32). The second kappa shape index (κ2) is 8.88. The van der Waals surface area contributed by atoms with Crippen molar-refractivity contribution in [3.63, 3.8) is 0 Å². The van der Waals surface area contributed by atoms with E-state index in [4.69, 9.17) is 16.3 Å². The molecule has 33 heavy (non-hydrogen) atoms. The first-order valence-corrected chi connectivity index (χ1v) is 11.5. The average molecular weight is 472 g/mol. The van der Waals surface area contributed by atoms with Crippen molar-refractivity contribution in [1.29, 1.82) is 0 Å². The van der Waals surface area contributed by atoms with E-state index in [1.807, 2.05) is 24.3 Å². The molecule has 1 aliphatic carbocycles. The molecule has 3 aromatic rings. The van der Waals surface area contributed by atoms with Gasteiger partial charge in [0.15, 0.2) is 17.3 Å². The van der Waals surface area contributed by atoms with Crippen LogP contribution in [0.4, 0.5) is 8.78 Å². The molecule has 2 aromatic carbocycles. The number of rotatable bonds is 5. The van der Waals surface area contributed by atoms with Gasteiger partial charge in [0.2, 0.25) is 0 Å². The molecule has 0 bridgehead atoms. The van der Waals surface area contributed by atoms with Crippen LogP contribution >= 0.6 is 11.6 Å². The second-order valence-corrected chi connectivity index (χ2v) is 9.16. The third kappa shape index (κ3) is 4.15. The van der Waals surface area contributed by atoms with Crippen molar-refractivity contribution in [2.75, 3.05) is 19.8 Å². The van der Waals surface area contributed by atoms with E-state index in [1.165, 1.54) is 6.07 Å². The number of ether oxygens (including phenoxy) is 1. The van der Waals surface area contributed by atoms with Gasteiger partial charge in [0, 0.05) is 47.5 Å². The second-order valence-electron chi connectivity index (χ2n) is 8.72. The van der Waals surface area contributed by atoms with Gasteiger partial charge in [-0.25, -0.2) is 13.5 Å². The number of hydrogen-bond donors (Lipinski definition) is 1. The van der Waals surface area contributed by atoms with Gasteiger partial charge in [0.1, 0.15) is 0 Å². The SMILES string of the molecule is O=C(NCC1(c2cccc(Cl)c2)CCOCC1)c1nn(-c2ccc(F)c(F)c2)c2c1CCC2. The molecule has 5 rings (SSSR count). The molecule has 1 aromatic heterocycles. The Kier molecular flexibility index (Phi) is 5.93. The highest BCUT2D eigenvalue weighted by molar-refractivity contribution is 6.30. The summed E-state index contributed by atoms with van der Waals surface area (Å²) < 4.78 is 34.4. The summed E-state index contributed by atoms with van der Waals surface area (Å²) in [5, 5.41) is 8.27. The average Bonchev–Trinajstić information content (AvgIpc) is 3.43. The Labute approximate surface area is 195 Å². The number of carbonyl (C=O) groups excluding carboxylic acids is 1. The number of nitrogens with zero attached hydrogens (tertiary/aromatic N) is 2. The molecule has 0 spiro atoms. The Bertz CT molecular complexity index is 1200. The van der Waals surface area contributed by atoms with Crippen molar-refractivity contribution in [2.45, 2.75) is 37.5 Å². The lowest BCUT2D eigenvalue weighted by atomic mass is 9.74. The normalized spacial score (nSPS) is 17.1. The van der Waals surface area contributed by atoms with Crippen molar-refractivity contribution in [3.8, 4) is 5.69 Å². The number of aromatic nitrogens is 2. The lowest BCUT2D eigenvalue weighted by Crippen LogP contribution is -2.44. The first kappa shape index (κ1) is 22.0. The number of nitrogens with one attached hydrogen (secondary N) is 1. The molecular formula is C25H24ClF2N3O2. The lowest BCUT2D eigenvalue weighted by molar-refractivity contribution is 0.0486. The Balaban J connectivity index is 1.42. The molecule has 0 radical (unpaired) electrons. The van der Waals surface area contributed by atoms with E-state index in [0.29, 0.717) is 36.2 Å². The summed E-state index contributed by atoms with van der Waals surface area (Å²) in [6.07, 6.45) is 3.90. The van der Waals surface area contributed by atoms with E-state index < -0.39 is 11.6 Å². The first-order chi connectivity index (χ1) is 16.0. The molecule has 1 saturated heterocycles. The zero-order chi connectivity index (χ0) is 23.0. The highest BCUT2D eigenvalue weighted by Gasteiger charge is 2.36. The van der Waals surface area contributed by atoms with Gasteiger partial charge in [-0.05, 0) is 61.9 Å². The number of amides is 1. The van der Waals surface area contributed by atoms with Gasteiger partial charge in [-0.3, -0.25) is 4.79 Å². The summed E-state index contributed by atoms with van der Waals surface area (Å²) >= 11 is 6.25. The van der Waals surface area contributed by atoms with Crippen LogP contribution < -0.4 is 5.32 Å². The van der Waals surface area contributed by atoms with Gasteiger partial charge in [-0.15, -0.1) is 0 Å². The molecule has 1 fully saturated rings. The zero-order valence-electron chi connectivity index (χ0n) is 18.0. The summed E-state index contributed by atoms with van der Waals surface area (Å²) in [5.41, 5.74) is 3.32. The van der Waals surface area contributed by atoms with Gasteiger partial charge < -0.3 is 10.1 Å². The van der Waals surface area contributed by atoms with Crippen LogP contribution in [0.3, 0.4) is 0 Å². The minimum Gasteiger partial charge on any atom is -0.381 e. The molecule has 2 heterocycles. The van der Waals surface area contributed by atoms with Crippen molar-refractivity contribution in [1.82, 2.24) is 15.1 Å². The number of hydrogen-bond acceptors (Lipinski definition) is 3. The predicted octanol–water partition coefficient (Wildman–Crippen LogP) is 4.77. The molecule has 1 N–H and O–H groups in total. The fourth-order valence-corrected chi connectivity index (χ4v) is 5.12. The van der Waals surface area contributed by atoms with Gasteiger partial charge >= 0.3 is 0 Å².